The molecule has 6 heteroatoms. The lowest BCUT2D eigenvalue weighted by Crippen LogP contribution is -2.41. The molecule has 0 spiro atoms. The van der Waals surface area contributed by atoms with Gasteiger partial charge in [-0.15, -0.1) is 23.7 Å². The second-order valence-corrected chi connectivity index (χ2v) is 5.47. The summed E-state index contributed by atoms with van der Waals surface area (Å²) in [6.45, 7) is 2.40. The van der Waals surface area contributed by atoms with E-state index in [0.717, 1.165) is 5.56 Å². The fraction of sp³-hybridized carbons (Fsp3) is 0.545. The van der Waals surface area contributed by atoms with Crippen molar-refractivity contribution in [2.24, 2.45) is 11.7 Å². The number of carbonyl (C=O) groups is 1. The van der Waals surface area contributed by atoms with Crippen LogP contribution in [0.15, 0.2) is 5.38 Å². The highest BCUT2D eigenvalue weighted by Gasteiger charge is 2.32. The van der Waals surface area contributed by atoms with Gasteiger partial charge >= 0.3 is 0 Å². The van der Waals surface area contributed by atoms with E-state index >= 15 is 0 Å². The van der Waals surface area contributed by atoms with Gasteiger partial charge in [-0.1, -0.05) is 11.6 Å². The van der Waals surface area contributed by atoms with Gasteiger partial charge in [0, 0.05) is 12.6 Å². The maximum atomic E-state index is 11.9. The van der Waals surface area contributed by atoms with Crippen LogP contribution in [-0.4, -0.2) is 18.5 Å². The minimum absolute atomic E-state index is 0. The Labute approximate surface area is 116 Å². The van der Waals surface area contributed by atoms with E-state index in [-0.39, 0.29) is 24.4 Å². The maximum Gasteiger partial charge on any atom is 0.263 e. The molecule has 0 saturated heterocycles. The fourth-order valence-corrected chi connectivity index (χ4v) is 2.87. The smallest absolute Gasteiger partial charge is 0.263 e. The lowest BCUT2D eigenvalue weighted by Gasteiger charge is -2.15. The Hall–Kier alpha value is -0.290. The zero-order chi connectivity index (χ0) is 11.7. The van der Waals surface area contributed by atoms with Crippen LogP contribution in [0.25, 0.3) is 0 Å². The molecule has 1 aliphatic rings. The van der Waals surface area contributed by atoms with Crippen molar-refractivity contribution in [2.45, 2.75) is 25.8 Å². The second-order valence-electron chi connectivity index (χ2n) is 4.21. The van der Waals surface area contributed by atoms with Gasteiger partial charge in [0.2, 0.25) is 0 Å². The van der Waals surface area contributed by atoms with E-state index < -0.39 is 0 Å². The van der Waals surface area contributed by atoms with Gasteiger partial charge in [-0.3, -0.25) is 4.79 Å². The minimum atomic E-state index is -0.0922. The molecule has 0 bridgehead atoms. The number of hydrogen-bond acceptors (Lipinski definition) is 3. The van der Waals surface area contributed by atoms with Crippen LogP contribution in [0.1, 0.15) is 28.1 Å². The summed E-state index contributed by atoms with van der Waals surface area (Å²) in [5.74, 6) is 0.472. The van der Waals surface area contributed by atoms with Crippen LogP contribution in [0.3, 0.4) is 0 Å². The Morgan fingerprint density at radius 3 is 2.76 bits per heavy atom. The third-order valence-electron chi connectivity index (χ3n) is 2.87. The molecule has 3 nitrogen and oxygen atoms in total. The van der Waals surface area contributed by atoms with Gasteiger partial charge in [0.1, 0.15) is 4.88 Å². The molecular formula is C11H16Cl2N2OS. The first kappa shape index (κ1) is 14.8. The molecule has 17 heavy (non-hydrogen) atoms. The molecular weight excluding hydrogens is 279 g/mol. The summed E-state index contributed by atoms with van der Waals surface area (Å²) in [4.78, 5) is 12.5. The maximum absolute atomic E-state index is 11.9. The molecule has 1 aromatic heterocycles. The molecule has 1 heterocycles. The number of carbonyl (C=O) groups excluding carboxylic acids is 1. The van der Waals surface area contributed by atoms with E-state index in [4.69, 9.17) is 17.3 Å². The molecule has 96 valence electrons. The summed E-state index contributed by atoms with van der Waals surface area (Å²) >= 11 is 7.43. The highest BCUT2D eigenvalue weighted by Crippen LogP contribution is 2.33. The molecule has 1 atom stereocenters. The van der Waals surface area contributed by atoms with Crippen molar-refractivity contribution in [3.05, 3.63) is 20.8 Å². The normalized spacial score (nSPS) is 16.2. The van der Waals surface area contributed by atoms with Gasteiger partial charge in [0.25, 0.3) is 5.91 Å². The quantitative estimate of drug-likeness (QED) is 0.897. The molecule has 3 N–H and O–H groups in total. The summed E-state index contributed by atoms with van der Waals surface area (Å²) in [7, 11) is 0. The van der Waals surface area contributed by atoms with E-state index in [1.54, 1.807) is 0 Å². The Bertz CT molecular complexity index is 404. The average molecular weight is 295 g/mol. The van der Waals surface area contributed by atoms with Crippen molar-refractivity contribution in [2.75, 3.05) is 6.54 Å². The predicted octanol–water partition coefficient (Wildman–Crippen LogP) is 2.60. The van der Waals surface area contributed by atoms with Crippen LogP contribution in [0.5, 0.6) is 0 Å². The van der Waals surface area contributed by atoms with Crippen LogP contribution in [-0.2, 0) is 0 Å². The summed E-state index contributed by atoms with van der Waals surface area (Å²) < 4.78 is 0. The first-order valence-corrected chi connectivity index (χ1v) is 6.63. The van der Waals surface area contributed by atoms with Crippen molar-refractivity contribution >= 4 is 41.3 Å². The third-order valence-corrected chi connectivity index (χ3v) is 4.56. The number of hydrogen-bond donors (Lipinski definition) is 2. The van der Waals surface area contributed by atoms with E-state index in [0.29, 0.717) is 22.4 Å². The molecule has 0 radical (unpaired) electrons. The van der Waals surface area contributed by atoms with E-state index in [1.807, 2.05) is 12.3 Å². The molecule has 1 aliphatic carbocycles. The largest absolute Gasteiger partial charge is 0.347 e. The number of amides is 1. The lowest BCUT2D eigenvalue weighted by molar-refractivity contribution is 0.0937. The summed E-state index contributed by atoms with van der Waals surface area (Å²) in [6.07, 6.45) is 2.33. The van der Waals surface area contributed by atoms with Crippen molar-refractivity contribution in [1.82, 2.24) is 5.32 Å². The second kappa shape index (κ2) is 6.05. The van der Waals surface area contributed by atoms with Gasteiger partial charge in [-0.05, 0) is 36.6 Å². The summed E-state index contributed by atoms with van der Waals surface area (Å²) in [5, 5.41) is 5.42. The zero-order valence-corrected chi connectivity index (χ0v) is 11.9. The van der Waals surface area contributed by atoms with Gasteiger partial charge < -0.3 is 11.1 Å². The van der Waals surface area contributed by atoms with Crippen molar-refractivity contribution in [3.63, 3.8) is 0 Å². The molecule has 1 fully saturated rings. The monoisotopic (exact) mass is 294 g/mol. The van der Waals surface area contributed by atoms with Crippen molar-refractivity contribution in [3.8, 4) is 0 Å². The van der Waals surface area contributed by atoms with Gasteiger partial charge in [0.05, 0.1) is 5.02 Å². The molecule has 1 aromatic rings. The Morgan fingerprint density at radius 1 is 1.71 bits per heavy atom. The van der Waals surface area contributed by atoms with Crippen molar-refractivity contribution < 1.29 is 4.79 Å². The van der Waals surface area contributed by atoms with E-state index in [9.17, 15) is 4.79 Å². The molecule has 1 saturated carbocycles. The first-order valence-electron chi connectivity index (χ1n) is 5.38. The van der Waals surface area contributed by atoms with Gasteiger partial charge in [0.15, 0.2) is 0 Å². The SMILES string of the molecule is Cc1csc(C(=O)NC(CN)C2CC2)c1Cl.Cl. The fourth-order valence-electron chi connectivity index (χ4n) is 1.68. The van der Waals surface area contributed by atoms with Crippen LogP contribution < -0.4 is 11.1 Å². The van der Waals surface area contributed by atoms with Crippen LogP contribution in [0.4, 0.5) is 0 Å². The Balaban J connectivity index is 0.00000144. The first-order chi connectivity index (χ1) is 7.63. The molecule has 1 amide bonds. The average Bonchev–Trinajstić information content (AvgIpc) is 3.04. The Kier molecular flexibility index (Phi) is 5.25. The van der Waals surface area contributed by atoms with E-state index in [1.165, 1.54) is 24.2 Å². The number of halogens is 2. The molecule has 2 rings (SSSR count). The van der Waals surface area contributed by atoms with E-state index in [2.05, 4.69) is 5.32 Å². The van der Waals surface area contributed by atoms with Gasteiger partial charge in [-0.2, -0.15) is 0 Å². The lowest BCUT2D eigenvalue weighted by atomic mass is 10.2. The number of nitrogens with two attached hydrogens (primary N) is 1. The summed E-state index contributed by atoms with van der Waals surface area (Å²) in [6, 6.07) is 0.103. The standard InChI is InChI=1S/C11H15ClN2OS.ClH/c1-6-5-16-10(9(6)12)11(15)14-8(4-13)7-2-3-7;/h5,7-8H,2-4,13H2,1H3,(H,14,15);1H. The number of rotatable bonds is 4. The predicted molar refractivity (Wildman–Crippen MR) is 74.3 cm³/mol. The number of nitrogens with one attached hydrogen (secondary N) is 1. The number of aryl methyl sites for hydroxylation is 1. The number of thiophene rings is 1. The van der Waals surface area contributed by atoms with Gasteiger partial charge in [-0.25, -0.2) is 0 Å². The van der Waals surface area contributed by atoms with Crippen LogP contribution >= 0.6 is 35.3 Å². The highest BCUT2D eigenvalue weighted by atomic mass is 35.5. The summed E-state index contributed by atoms with van der Waals surface area (Å²) in [5.41, 5.74) is 6.59. The Morgan fingerprint density at radius 2 is 2.35 bits per heavy atom. The third kappa shape index (κ3) is 3.35. The molecule has 0 aliphatic heterocycles. The van der Waals surface area contributed by atoms with Crippen LogP contribution in [0.2, 0.25) is 5.02 Å². The minimum Gasteiger partial charge on any atom is -0.347 e. The van der Waals surface area contributed by atoms with Crippen molar-refractivity contribution in [1.29, 1.82) is 0 Å². The highest BCUT2D eigenvalue weighted by molar-refractivity contribution is 7.13. The van der Waals surface area contributed by atoms with Crippen LogP contribution in [0, 0.1) is 12.8 Å². The molecule has 1 unspecified atom stereocenters. The molecule has 0 aromatic carbocycles. The topological polar surface area (TPSA) is 55.1 Å². The zero-order valence-electron chi connectivity index (χ0n) is 9.53.